The molecular weight excluding hydrogens is 585 g/mol. The SMILES string of the molecule is O=C(NC(=S)Nc1ccc2oc(-c3cccc(I)c3)nc2c1)c1ccc(-c2ccc(Cl)cc2)o1. The summed E-state index contributed by atoms with van der Waals surface area (Å²) in [6, 6.07) is 23.8. The van der Waals surface area contributed by atoms with E-state index >= 15 is 0 Å². The average molecular weight is 600 g/mol. The molecule has 0 bridgehead atoms. The lowest BCUT2D eigenvalue weighted by molar-refractivity contribution is 0.0951. The number of anilines is 1. The Bertz CT molecular complexity index is 1530. The van der Waals surface area contributed by atoms with Crippen molar-refractivity contribution < 1.29 is 13.6 Å². The zero-order chi connectivity index (χ0) is 23.7. The van der Waals surface area contributed by atoms with Crippen molar-refractivity contribution in [2.75, 3.05) is 5.32 Å². The first-order valence-electron chi connectivity index (χ1n) is 10.1. The molecule has 0 spiro atoms. The molecule has 2 N–H and O–H groups in total. The average Bonchev–Trinajstić information content (AvgIpc) is 3.47. The van der Waals surface area contributed by atoms with E-state index in [0.717, 1.165) is 14.7 Å². The van der Waals surface area contributed by atoms with E-state index in [4.69, 9.17) is 32.7 Å². The zero-order valence-corrected chi connectivity index (χ0v) is 21.1. The fourth-order valence-corrected chi connectivity index (χ4v) is 4.19. The number of nitrogens with one attached hydrogen (secondary N) is 2. The van der Waals surface area contributed by atoms with Crippen LogP contribution in [0.15, 0.2) is 87.7 Å². The Morgan fingerprint density at radius 1 is 0.941 bits per heavy atom. The molecule has 6 nitrogen and oxygen atoms in total. The van der Waals surface area contributed by atoms with E-state index in [-0.39, 0.29) is 10.9 Å². The van der Waals surface area contributed by atoms with Crippen LogP contribution in [0.4, 0.5) is 5.69 Å². The maximum atomic E-state index is 12.6. The molecule has 9 heteroatoms. The third-order valence-electron chi connectivity index (χ3n) is 4.90. The van der Waals surface area contributed by atoms with Crippen LogP contribution in [0, 0.1) is 3.57 Å². The number of hydrogen-bond donors (Lipinski definition) is 2. The second-order valence-corrected chi connectivity index (χ2v) is 9.38. The fourth-order valence-electron chi connectivity index (χ4n) is 3.31. The summed E-state index contributed by atoms with van der Waals surface area (Å²) < 4.78 is 12.6. The second kappa shape index (κ2) is 9.57. The van der Waals surface area contributed by atoms with E-state index < -0.39 is 5.91 Å². The first-order valence-corrected chi connectivity index (χ1v) is 12.0. The molecular formula is C25H15ClIN3O3S. The number of rotatable bonds is 4. The van der Waals surface area contributed by atoms with Crippen LogP contribution in [-0.4, -0.2) is 16.0 Å². The Balaban J connectivity index is 1.26. The van der Waals surface area contributed by atoms with Gasteiger partial charge >= 0.3 is 0 Å². The van der Waals surface area contributed by atoms with Gasteiger partial charge in [0.1, 0.15) is 11.3 Å². The summed E-state index contributed by atoms with van der Waals surface area (Å²) in [5.41, 5.74) is 3.71. The minimum absolute atomic E-state index is 0.134. The number of fused-ring (bicyclic) bond motifs is 1. The Morgan fingerprint density at radius 2 is 1.76 bits per heavy atom. The molecule has 0 saturated heterocycles. The van der Waals surface area contributed by atoms with E-state index in [1.807, 2.05) is 36.4 Å². The first-order chi connectivity index (χ1) is 16.4. The van der Waals surface area contributed by atoms with Crippen molar-refractivity contribution >= 4 is 74.2 Å². The molecule has 34 heavy (non-hydrogen) atoms. The van der Waals surface area contributed by atoms with Crippen LogP contribution in [0.5, 0.6) is 0 Å². The van der Waals surface area contributed by atoms with Crippen LogP contribution < -0.4 is 10.6 Å². The minimum Gasteiger partial charge on any atom is -0.451 e. The van der Waals surface area contributed by atoms with Gasteiger partial charge in [0.2, 0.25) is 5.89 Å². The van der Waals surface area contributed by atoms with Gasteiger partial charge in [-0.05, 0) is 108 Å². The number of halogens is 2. The Hall–Kier alpha value is -3.21. The highest BCUT2D eigenvalue weighted by atomic mass is 127. The van der Waals surface area contributed by atoms with E-state index in [0.29, 0.717) is 33.5 Å². The highest BCUT2D eigenvalue weighted by Gasteiger charge is 2.15. The molecule has 0 fully saturated rings. The zero-order valence-electron chi connectivity index (χ0n) is 17.3. The summed E-state index contributed by atoms with van der Waals surface area (Å²) in [4.78, 5) is 17.1. The molecule has 5 rings (SSSR count). The highest BCUT2D eigenvalue weighted by molar-refractivity contribution is 14.1. The van der Waals surface area contributed by atoms with E-state index in [9.17, 15) is 4.79 Å². The number of furan rings is 1. The fraction of sp³-hybridized carbons (Fsp3) is 0. The van der Waals surface area contributed by atoms with E-state index in [2.05, 4.69) is 38.2 Å². The Kier molecular flexibility index (Phi) is 6.36. The maximum absolute atomic E-state index is 12.6. The van der Waals surface area contributed by atoms with Crippen LogP contribution in [0.1, 0.15) is 10.6 Å². The molecule has 0 aliphatic carbocycles. The molecule has 5 aromatic rings. The van der Waals surface area contributed by atoms with Crippen molar-refractivity contribution in [3.8, 4) is 22.8 Å². The summed E-state index contributed by atoms with van der Waals surface area (Å²) in [6.07, 6.45) is 0. The topological polar surface area (TPSA) is 80.3 Å². The normalized spacial score (nSPS) is 10.9. The van der Waals surface area contributed by atoms with Crippen LogP contribution in [0.3, 0.4) is 0 Å². The second-order valence-electron chi connectivity index (χ2n) is 7.29. The van der Waals surface area contributed by atoms with Crippen molar-refractivity contribution in [2.24, 2.45) is 0 Å². The van der Waals surface area contributed by atoms with Gasteiger partial charge in [0, 0.05) is 25.4 Å². The Morgan fingerprint density at radius 3 is 2.56 bits per heavy atom. The number of aromatic nitrogens is 1. The molecule has 2 heterocycles. The molecule has 168 valence electrons. The molecule has 0 atom stereocenters. The number of carbonyl (C=O) groups excluding carboxylic acids is 1. The maximum Gasteiger partial charge on any atom is 0.293 e. The molecule has 0 unspecified atom stereocenters. The first kappa shape index (κ1) is 22.6. The van der Waals surface area contributed by atoms with Gasteiger partial charge in [0.15, 0.2) is 16.5 Å². The van der Waals surface area contributed by atoms with Gasteiger partial charge in [-0.25, -0.2) is 4.98 Å². The number of nitrogens with zero attached hydrogens (tertiary/aromatic N) is 1. The number of benzene rings is 3. The van der Waals surface area contributed by atoms with Gasteiger partial charge in [-0.3, -0.25) is 10.1 Å². The Labute approximate surface area is 218 Å². The molecule has 0 aliphatic heterocycles. The standard InChI is InChI=1S/C25H15ClIN3O3S/c26-16-6-4-14(5-7-16)20-10-11-22(32-20)23(31)30-25(34)28-18-8-9-21-19(13-18)29-24(33-21)15-2-1-3-17(27)12-15/h1-13H,(H2,28,30,31,34). The lowest BCUT2D eigenvalue weighted by Crippen LogP contribution is -2.33. The van der Waals surface area contributed by atoms with Crippen LogP contribution >= 0.6 is 46.4 Å². The van der Waals surface area contributed by atoms with Crippen molar-refractivity contribution in [1.29, 1.82) is 0 Å². The van der Waals surface area contributed by atoms with Crippen molar-refractivity contribution in [1.82, 2.24) is 10.3 Å². The number of hydrogen-bond acceptors (Lipinski definition) is 5. The molecule has 0 aliphatic rings. The van der Waals surface area contributed by atoms with Gasteiger partial charge in [-0.2, -0.15) is 0 Å². The molecule has 1 amide bonds. The highest BCUT2D eigenvalue weighted by Crippen LogP contribution is 2.27. The number of carbonyl (C=O) groups is 1. The smallest absolute Gasteiger partial charge is 0.293 e. The van der Waals surface area contributed by atoms with Crippen LogP contribution in [0.25, 0.3) is 33.9 Å². The van der Waals surface area contributed by atoms with Crippen molar-refractivity contribution in [3.63, 3.8) is 0 Å². The van der Waals surface area contributed by atoms with Crippen LogP contribution in [0.2, 0.25) is 5.02 Å². The van der Waals surface area contributed by atoms with Gasteiger partial charge in [0.05, 0.1) is 0 Å². The summed E-state index contributed by atoms with van der Waals surface area (Å²) in [6.45, 7) is 0. The molecule has 2 aromatic heterocycles. The van der Waals surface area contributed by atoms with Gasteiger partial charge in [-0.15, -0.1) is 0 Å². The predicted octanol–water partition coefficient (Wildman–Crippen LogP) is 7.14. The van der Waals surface area contributed by atoms with Crippen LogP contribution in [-0.2, 0) is 0 Å². The van der Waals surface area contributed by atoms with Crippen molar-refractivity contribution in [3.05, 3.63) is 93.2 Å². The lowest BCUT2D eigenvalue weighted by Gasteiger charge is -2.08. The van der Waals surface area contributed by atoms with Crippen molar-refractivity contribution in [2.45, 2.75) is 0 Å². The van der Waals surface area contributed by atoms with Gasteiger partial charge in [-0.1, -0.05) is 17.7 Å². The van der Waals surface area contributed by atoms with Gasteiger partial charge < -0.3 is 14.2 Å². The van der Waals surface area contributed by atoms with Gasteiger partial charge in [0.25, 0.3) is 5.91 Å². The molecule has 3 aromatic carbocycles. The lowest BCUT2D eigenvalue weighted by atomic mass is 10.2. The largest absolute Gasteiger partial charge is 0.451 e. The molecule has 0 radical (unpaired) electrons. The summed E-state index contributed by atoms with van der Waals surface area (Å²) in [5, 5.41) is 6.38. The number of thiocarbonyl (C=S) groups is 1. The molecule has 0 saturated carbocycles. The van der Waals surface area contributed by atoms with E-state index in [1.54, 1.807) is 42.5 Å². The summed E-state index contributed by atoms with van der Waals surface area (Å²) in [7, 11) is 0. The monoisotopic (exact) mass is 599 g/mol. The predicted molar refractivity (Wildman–Crippen MR) is 145 cm³/mol. The summed E-state index contributed by atoms with van der Waals surface area (Å²) in [5.74, 6) is 0.779. The minimum atomic E-state index is -0.457. The number of oxazole rings is 1. The third kappa shape index (κ3) is 4.98. The quantitative estimate of drug-likeness (QED) is 0.169. The summed E-state index contributed by atoms with van der Waals surface area (Å²) >= 11 is 13.5. The number of amides is 1. The third-order valence-corrected chi connectivity index (χ3v) is 6.03. The van der Waals surface area contributed by atoms with E-state index in [1.165, 1.54) is 0 Å².